The van der Waals surface area contributed by atoms with E-state index in [-0.39, 0.29) is 5.41 Å². The first-order valence-corrected chi connectivity index (χ1v) is 13.3. The molecule has 1 heteroatoms. The average Bonchev–Trinajstić information content (AvgIpc) is 3.28. The zero-order valence-corrected chi connectivity index (χ0v) is 24.6. The van der Waals surface area contributed by atoms with Crippen LogP contribution < -0.4 is 0 Å². The van der Waals surface area contributed by atoms with Crippen LogP contribution in [0.3, 0.4) is 0 Å². The highest BCUT2D eigenvalue weighted by molar-refractivity contribution is 5.94. The van der Waals surface area contributed by atoms with Crippen LogP contribution in [0.1, 0.15) is 59.7 Å². The Morgan fingerprint density at radius 1 is 0.895 bits per heavy atom. The van der Waals surface area contributed by atoms with E-state index in [1.165, 1.54) is 55.7 Å². The molecule has 3 rings (SSSR count). The maximum Gasteiger partial charge on any atom is 0.0534 e. The number of rotatable bonds is 9. The molecular weight excluding hydrogens is 458 g/mol. The van der Waals surface area contributed by atoms with Crippen LogP contribution in [0, 0.1) is 12.3 Å². The lowest BCUT2D eigenvalue weighted by atomic mass is 9.81. The van der Waals surface area contributed by atoms with Gasteiger partial charge in [-0.15, -0.1) is 0 Å². The normalized spacial score (nSPS) is 16.9. The lowest BCUT2D eigenvalue weighted by Crippen LogP contribution is -2.12. The molecule has 1 nitrogen and oxygen atoms in total. The van der Waals surface area contributed by atoms with Crippen LogP contribution in [0.4, 0.5) is 0 Å². The van der Waals surface area contributed by atoms with E-state index in [9.17, 15) is 0 Å². The second-order valence-electron chi connectivity index (χ2n) is 10.7. The molecule has 0 atom stereocenters. The quantitative estimate of drug-likeness (QED) is 0.301. The van der Waals surface area contributed by atoms with Crippen LogP contribution in [0.5, 0.6) is 0 Å². The van der Waals surface area contributed by atoms with Gasteiger partial charge in [0, 0.05) is 27.8 Å². The van der Waals surface area contributed by atoms with Gasteiger partial charge >= 0.3 is 0 Å². The maximum atomic E-state index is 4.36. The minimum atomic E-state index is -0.0698. The Hall–Kier alpha value is -3.84. The van der Waals surface area contributed by atoms with E-state index in [4.69, 9.17) is 0 Å². The van der Waals surface area contributed by atoms with E-state index in [1.54, 1.807) is 0 Å². The highest BCUT2D eigenvalue weighted by Crippen LogP contribution is 2.48. The van der Waals surface area contributed by atoms with Crippen molar-refractivity contribution in [1.82, 2.24) is 4.57 Å². The molecule has 0 unspecified atom stereocenters. The molecule has 0 aliphatic heterocycles. The Morgan fingerprint density at radius 3 is 2.13 bits per heavy atom. The van der Waals surface area contributed by atoms with Gasteiger partial charge in [-0.2, -0.15) is 0 Å². The van der Waals surface area contributed by atoms with Crippen molar-refractivity contribution in [2.24, 2.45) is 5.41 Å². The summed E-state index contributed by atoms with van der Waals surface area (Å²) in [5.74, 6) is 0. The first-order chi connectivity index (χ1) is 17.9. The largest absolute Gasteiger partial charge is 0.317 e. The van der Waals surface area contributed by atoms with Gasteiger partial charge in [-0.1, -0.05) is 88.2 Å². The summed E-state index contributed by atoms with van der Waals surface area (Å²) in [7, 11) is 0. The fraction of sp³-hybridized carbons (Fsp3) is 0.243. The van der Waals surface area contributed by atoms with Gasteiger partial charge in [0.25, 0.3) is 0 Å². The number of benzene rings is 1. The fourth-order valence-corrected chi connectivity index (χ4v) is 5.41. The number of allylic oxidation sites excluding steroid dienone is 15. The third-order valence-corrected chi connectivity index (χ3v) is 8.18. The molecule has 38 heavy (non-hydrogen) atoms. The van der Waals surface area contributed by atoms with E-state index in [1.807, 2.05) is 25.2 Å². The molecule has 1 aromatic carbocycles. The SMILES string of the molecule is C=CC1=C(C=C)C(C)(C)C(C)=C1/C=C(\C)n1c(C)c(/C=C(\C)C(=C)/C=C(\C=C)C(C)=CC)c2ccccc21. The molecule has 1 heterocycles. The molecule has 0 radical (unpaired) electrons. The number of para-hydroxylation sites is 1. The second-order valence-corrected chi connectivity index (χ2v) is 10.7. The molecular formula is C37H43N. The zero-order chi connectivity index (χ0) is 28.4. The minimum Gasteiger partial charge on any atom is -0.317 e. The topological polar surface area (TPSA) is 4.93 Å². The van der Waals surface area contributed by atoms with Gasteiger partial charge < -0.3 is 4.57 Å². The highest BCUT2D eigenvalue weighted by Gasteiger charge is 2.34. The number of aromatic nitrogens is 1. The van der Waals surface area contributed by atoms with Crippen LogP contribution in [0.25, 0.3) is 22.7 Å². The van der Waals surface area contributed by atoms with Gasteiger partial charge in [-0.3, -0.25) is 0 Å². The molecule has 196 valence electrons. The summed E-state index contributed by atoms with van der Waals surface area (Å²) >= 11 is 0. The Balaban J connectivity index is 2.20. The predicted molar refractivity (Wildman–Crippen MR) is 171 cm³/mol. The van der Waals surface area contributed by atoms with Crippen molar-refractivity contribution in [3.63, 3.8) is 0 Å². The molecule has 0 fully saturated rings. The van der Waals surface area contributed by atoms with Gasteiger partial charge in [0.15, 0.2) is 0 Å². The molecule has 1 aliphatic carbocycles. The van der Waals surface area contributed by atoms with Crippen molar-refractivity contribution in [2.75, 3.05) is 0 Å². The Labute approximate surface area is 230 Å². The number of fused-ring (bicyclic) bond motifs is 1. The molecule has 1 aromatic heterocycles. The number of nitrogens with zero attached hydrogens (tertiary/aromatic N) is 1. The second kappa shape index (κ2) is 11.3. The number of hydrogen-bond donors (Lipinski definition) is 0. The Bertz CT molecular complexity index is 1530. The molecule has 0 spiro atoms. The average molecular weight is 502 g/mol. The summed E-state index contributed by atoms with van der Waals surface area (Å²) in [5.41, 5.74) is 14.1. The minimum absolute atomic E-state index is 0.0698. The van der Waals surface area contributed by atoms with Crippen molar-refractivity contribution in [3.8, 4) is 0 Å². The molecule has 0 bridgehead atoms. The van der Waals surface area contributed by atoms with Crippen molar-refractivity contribution in [1.29, 1.82) is 0 Å². The van der Waals surface area contributed by atoms with Gasteiger partial charge in [0.2, 0.25) is 0 Å². The third-order valence-electron chi connectivity index (χ3n) is 8.18. The molecule has 1 aliphatic rings. The summed E-state index contributed by atoms with van der Waals surface area (Å²) in [5, 5.41) is 1.23. The predicted octanol–water partition coefficient (Wildman–Crippen LogP) is 10.9. The lowest BCUT2D eigenvalue weighted by molar-refractivity contribution is 0.562. The van der Waals surface area contributed by atoms with Crippen LogP contribution in [-0.4, -0.2) is 4.57 Å². The Morgan fingerprint density at radius 2 is 1.55 bits per heavy atom. The molecule has 0 amide bonds. The van der Waals surface area contributed by atoms with E-state index >= 15 is 0 Å². The van der Waals surface area contributed by atoms with Gasteiger partial charge in [0.05, 0.1) is 5.52 Å². The monoisotopic (exact) mass is 501 g/mol. The molecule has 0 saturated heterocycles. The summed E-state index contributed by atoms with van der Waals surface area (Å²) in [4.78, 5) is 0. The van der Waals surface area contributed by atoms with Crippen LogP contribution >= 0.6 is 0 Å². The molecule has 2 aromatic rings. The third kappa shape index (κ3) is 4.98. The summed E-state index contributed by atoms with van der Waals surface area (Å²) in [6, 6.07) is 8.62. The van der Waals surface area contributed by atoms with Gasteiger partial charge in [-0.05, 0) is 105 Å². The van der Waals surface area contributed by atoms with Crippen molar-refractivity contribution in [2.45, 2.75) is 55.4 Å². The summed E-state index contributed by atoms with van der Waals surface area (Å²) < 4.78 is 2.37. The first kappa shape index (κ1) is 28.7. The standard InChI is InChI=1S/C37H43N/c1-13-24(5)30(14-2)21-25(6)26(7)22-34-29(10)38(36-20-18-17-19-32(34)36)27(8)23-33-28(9)37(11,12)35(16-4)31(33)15-3/h13-23H,2-4,6H2,1,5,7-12H3/b24-13?,26-22+,27-23+,30-21+. The van der Waals surface area contributed by atoms with E-state index in [2.05, 4.69) is 128 Å². The van der Waals surface area contributed by atoms with Crippen molar-refractivity contribution >= 4 is 22.7 Å². The molecule has 0 N–H and O–H groups in total. The van der Waals surface area contributed by atoms with E-state index < -0.39 is 0 Å². The fourth-order valence-electron chi connectivity index (χ4n) is 5.41. The van der Waals surface area contributed by atoms with E-state index in [0.717, 1.165) is 16.7 Å². The maximum absolute atomic E-state index is 4.36. The van der Waals surface area contributed by atoms with E-state index in [0.29, 0.717) is 0 Å². The van der Waals surface area contributed by atoms with Crippen LogP contribution in [0.2, 0.25) is 0 Å². The van der Waals surface area contributed by atoms with Crippen LogP contribution in [0.15, 0.2) is 132 Å². The van der Waals surface area contributed by atoms with Gasteiger partial charge in [-0.25, -0.2) is 0 Å². The lowest BCUT2D eigenvalue weighted by Gasteiger charge is -2.23. The smallest absolute Gasteiger partial charge is 0.0534 e. The van der Waals surface area contributed by atoms with Crippen molar-refractivity contribution < 1.29 is 0 Å². The molecule has 0 saturated carbocycles. The van der Waals surface area contributed by atoms with Crippen molar-refractivity contribution in [3.05, 3.63) is 143 Å². The Kier molecular flexibility index (Phi) is 8.52. The zero-order valence-electron chi connectivity index (χ0n) is 24.6. The summed E-state index contributed by atoms with van der Waals surface area (Å²) in [6.45, 7) is 34.0. The highest BCUT2D eigenvalue weighted by atomic mass is 15.0. The number of hydrogen-bond acceptors (Lipinski definition) is 0. The summed E-state index contributed by atoms with van der Waals surface area (Å²) in [6.07, 6.45) is 14.6. The van der Waals surface area contributed by atoms with Crippen LogP contribution in [-0.2, 0) is 0 Å². The van der Waals surface area contributed by atoms with Gasteiger partial charge in [0.1, 0.15) is 0 Å². The first-order valence-electron chi connectivity index (χ1n) is 13.3.